The third-order valence-corrected chi connectivity index (χ3v) is 5.34. The van der Waals surface area contributed by atoms with Crippen molar-refractivity contribution in [2.45, 2.75) is 108 Å². The van der Waals surface area contributed by atoms with Crippen LogP contribution < -0.4 is 0 Å². The molecule has 3 N–H and O–H groups in total. The average molecular weight is 387 g/mol. The summed E-state index contributed by atoms with van der Waals surface area (Å²) in [5.74, 6) is 0. The van der Waals surface area contributed by atoms with Crippen LogP contribution in [-0.2, 0) is 9.47 Å². The van der Waals surface area contributed by atoms with E-state index in [1.807, 2.05) is 6.08 Å². The fourth-order valence-electron chi connectivity index (χ4n) is 3.64. The van der Waals surface area contributed by atoms with Crippen molar-refractivity contribution < 1.29 is 24.8 Å². The lowest BCUT2D eigenvalue weighted by Gasteiger charge is -2.23. The van der Waals surface area contributed by atoms with E-state index >= 15 is 0 Å². The van der Waals surface area contributed by atoms with E-state index in [2.05, 4.69) is 6.58 Å². The van der Waals surface area contributed by atoms with E-state index < -0.39 is 24.4 Å². The lowest BCUT2D eigenvalue weighted by molar-refractivity contribution is -0.0938. The molecule has 0 radical (unpaired) electrons. The largest absolute Gasteiger partial charge is 0.394 e. The SMILES string of the molecule is C=CCCCCCCCCCCCCCCO[C@H]1[C@@H]([C@H](O)CO)OC[C@@H]1O. The molecule has 27 heavy (non-hydrogen) atoms. The van der Waals surface area contributed by atoms with Gasteiger partial charge in [-0.05, 0) is 19.3 Å². The molecule has 1 aliphatic rings. The molecule has 0 amide bonds. The fourth-order valence-corrected chi connectivity index (χ4v) is 3.64. The van der Waals surface area contributed by atoms with Gasteiger partial charge in [-0.15, -0.1) is 6.58 Å². The number of hydrogen-bond donors (Lipinski definition) is 3. The number of aliphatic hydroxyl groups is 3. The molecule has 0 aliphatic carbocycles. The van der Waals surface area contributed by atoms with Gasteiger partial charge >= 0.3 is 0 Å². The van der Waals surface area contributed by atoms with Gasteiger partial charge < -0.3 is 24.8 Å². The summed E-state index contributed by atoms with van der Waals surface area (Å²) in [5.41, 5.74) is 0. The zero-order chi connectivity index (χ0) is 19.7. The molecule has 5 heteroatoms. The standard InChI is InChI=1S/C22H42O5/c1-2-3-4-5-6-7-8-9-10-11-12-13-14-15-16-26-22-20(25)18-27-21(22)19(24)17-23/h2,19-25H,1,3-18H2/t19-,20+,21-,22-/m1/s1. The van der Waals surface area contributed by atoms with Crippen LogP contribution in [0.25, 0.3) is 0 Å². The zero-order valence-electron chi connectivity index (χ0n) is 17.1. The maximum atomic E-state index is 9.87. The maximum Gasteiger partial charge on any atom is 0.114 e. The molecule has 1 fully saturated rings. The van der Waals surface area contributed by atoms with Crippen LogP contribution in [0, 0.1) is 0 Å². The number of unbranched alkanes of at least 4 members (excludes halogenated alkanes) is 12. The van der Waals surface area contributed by atoms with Crippen molar-refractivity contribution in [3.8, 4) is 0 Å². The molecule has 1 saturated heterocycles. The molecular formula is C22H42O5. The van der Waals surface area contributed by atoms with Crippen molar-refractivity contribution in [2.75, 3.05) is 19.8 Å². The third kappa shape index (κ3) is 11.2. The molecule has 0 aromatic carbocycles. The molecule has 1 rings (SSSR count). The van der Waals surface area contributed by atoms with Crippen molar-refractivity contribution in [1.29, 1.82) is 0 Å². The summed E-state index contributed by atoms with van der Waals surface area (Å²) >= 11 is 0. The number of rotatable bonds is 18. The third-order valence-electron chi connectivity index (χ3n) is 5.34. The molecule has 0 unspecified atom stereocenters. The Morgan fingerprint density at radius 1 is 0.926 bits per heavy atom. The summed E-state index contributed by atoms with van der Waals surface area (Å²) in [7, 11) is 0. The van der Waals surface area contributed by atoms with Crippen molar-refractivity contribution in [3.05, 3.63) is 12.7 Å². The lowest BCUT2D eigenvalue weighted by Crippen LogP contribution is -2.42. The Hall–Kier alpha value is -0.460. The number of hydrogen-bond acceptors (Lipinski definition) is 5. The van der Waals surface area contributed by atoms with Gasteiger partial charge in [0.05, 0.1) is 13.2 Å². The highest BCUT2D eigenvalue weighted by atomic mass is 16.6. The van der Waals surface area contributed by atoms with Gasteiger partial charge in [-0.3, -0.25) is 0 Å². The molecule has 1 aliphatic heterocycles. The first-order valence-electron chi connectivity index (χ1n) is 11.0. The van der Waals surface area contributed by atoms with E-state index in [1.54, 1.807) is 0 Å². The van der Waals surface area contributed by atoms with Crippen LogP contribution in [0.1, 0.15) is 83.5 Å². The molecule has 4 atom stereocenters. The highest BCUT2D eigenvalue weighted by Gasteiger charge is 2.40. The van der Waals surface area contributed by atoms with Gasteiger partial charge in [0.1, 0.15) is 24.4 Å². The van der Waals surface area contributed by atoms with E-state index in [4.69, 9.17) is 14.6 Å². The summed E-state index contributed by atoms with van der Waals surface area (Å²) in [4.78, 5) is 0. The van der Waals surface area contributed by atoms with Gasteiger partial charge in [0, 0.05) is 6.61 Å². The van der Waals surface area contributed by atoms with E-state index in [0.29, 0.717) is 6.61 Å². The first-order chi connectivity index (χ1) is 13.2. The minimum absolute atomic E-state index is 0.154. The van der Waals surface area contributed by atoms with Gasteiger partial charge in [-0.1, -0.05) is 70.3 Å². The van der Waals surface area contributed by atoms with Gasteiger partial charge in [0.15, 0.2) is 0 Å². The quantitative estimate of drug-likeness (QED) is 0.247. The van der Waals surface area contributed by atoms with Gasteiger partial charge in [0.25, 0.3) is 0 Å². The lowest BCUT2D eigenvalue weighted by atomic mass is 10.0. The Labute approximate surface area is 165 Å². The topological polar surface area (TPSA) is 79.2 Å². The van der Waals surface area contributed by atoms with Crippen LogP contribution in [-0.4, -0.2) is 59.6 Å². The first kappa shape index (κ1) is 24.6. The molecular weight excluding hydrogens is 344 g/mol. The van der Waals surface area contributed by atoms with Crippen LogP contribution in [0.5, 0.6) is 0 Å². The summed E-state index contributed by atoms with van der Waals surface area (Å²) in [5, 5.41) is 28.6. The summed E-state index contributed by atoms with van der Waals surface area (Å²) in [6.07, 6.45) is 15.6. The minimum Gasteiger partial charge on any atom is -0.394 e. The Bertz CT molecular complexity index is 350. The molecule has 0 aromatic rings. The summed E-state index contributed by atoms with van der Waals surface area (Å²) in [6.45, 7) is 4.09. The zero-order valence-corrected chi connectivity index (χ0v) is 17.1. The Kier molecular flexibility index (Phi) is 15.0. The van der Waals surface area contributed by atoms with Crippen LogP contribution in [0.4, 0.5) is 0 Å². The second-order valence-electron chi connectivity index (χ2n) is 7.77. The van der Waals surface area contributed by atoms with Gasteiger partial charge in [-0.25, -0.2) is 0 Å². The second-order valence-corrected chi connectivity index (χ2v) is 7.77. The van der Waals surface area contributed by atoms with Crippen molar-refractivity contribution >= 4 is 0 Å². The van der Waals surface area contributed by atoms with Crippen molar-refractivity contribution in [3.63, 3.8) is 0 Å². The molecule has 160 valence electrons. The van der Waals surface area contributed by atoms with E-state index in [0.717, 1.165) is 19.3 Å². The fraction of sp³-hybridized carbons (Fsp3) is 0.909. The average Bonchev–Trinajstić information content (AvgIpc) is 3.04. The monoisotopic (exact) mass is 386 g/mol. The van der Waals surface area contributed by atoms with Gasteiger partial charge in [0.2, 0.25) is 0 Å². The second kappa shape index (κ2) is 16.5. The molecule has 0 saturated carbocycles. The maximum absolute atomic E-state index is 9.87. The molecule has 5 nitrogen and oxygen atoms in total. The van der Waals surface area contributed by atoms with Crippen LogP contribution in [0.15, 0.2) is 12.7 Å². The van der Waals surface area contributed by atoms with E-state index in [9.17, 15) is 10.2 Å². The van der Waals surface area contributed by atoms with Crippen molar-refractivity contribution in [2.24, 2.45) is 0 Å². The molecule has 0 aromatic heterocycles. The van der Waals surface area contributed by atoms with E-state index in [1.165, 1.54) is 64.2 Å². The van der Waals surface area contributed by atoms with Crippen LogP contribution >= 0.6 is 0 Å². The van der Waals surface area contributed by atoms with Crippen LogP contribution in [0.2, 0.25) is 0 Å². The molecule has 0 bridgehead atoms. The summed E-state index contributed by atoms with van der Waals surface area (Å²) in [6, 6.07) is 0. The summed E-state index contributed by atoms with van der Waals surface area (Å²) < 4.78 is 11.0. The first-order valence-corrected chi connectivity index (χ1v) is 11.0. The number of aliphatic hydroxyl groups excluding tert-OH is 3. The predicted octanol–water partition coefficient (Wildman–Crippen LogP) is 3.74. The van der Waals surface area contributed by atoms with Crippen LogP contribution in [0.3, 0.4) is 0 Å². The Balaban J connectivity index is 1.87. The van der Waals surface area contributed by atoms with Gasteiger partial charge in [-0.2, -0.15) is 0 Å². The normalized spacial score (nSPS) is 23.6. The highest BCUT2D eigenvalue weighted by molar-refractivity contribution is 4.89. The highest BCUT2D eigenvalue weighted by Crippen LogP contribution is 2.21. The van der Waals surface area contributed by atoms with Crippen molar-refractivity contribution in [1.82, 2.24) is 0 Å². The molecule has 0 spiro atoms. The number of allylic oxidation sites excluding steroid dienone is 1. The molecule has 1 heterocycles. The van der Waals surface area contributed by atoms with E-state index in [-0.39, 0.29) is 13.2 Å². The Morgan fingerprint density at radius 3 is 1.96 bits per heavy atom. The smallest absolute Gasteiger partial charge is 0.114 e. The predicted molar refractivity (Wildman–Crippen MR) is 109 cm³/mol. The Morgan fingerprint density at radius 2 is 1.44 bits per heavy atom. The number of ether oxygens (including phenoxy) is 2. The minimum atomic E-state index is -1.00.